The van der Waals surface area contributed by atoms with Crippen molar-refractivity contribution in [3.05, 3.63) is 0 Å². The molecule has 0 aromatic heterocycles. The van der Waals surface area contributed by atoms with Gasteiger partial charge in [-0.25, -0.2) is 0 Å². The van der Waals surface area contributed by atoms with Gasteiger partial charge in [-0.05, 0) is 35.0 Å². The van der Waals surface area contributed by atoms with E-state index in [-0.39, 0.29) is 0 Å². The number of aliphatic hydroxyl groups is 1. The van der Waals surface area contributed by atoms with E-state index < -0.39 is 0 Å². The normalized spacial score (nSPS) is 38.1. The molecule has 2 aliphatic carbocycles. The molecule has 13 heavy (non-hydrogen) atoms. The van der Waals surface area contributed by atoms with Crippen LogP contribution in [0.4, 0.5) is 0 Å². The number of rotatable bonds is 1. The first-order chi connectivity index (χ1) is 5.92. The minimum Gasteiger partial charge on any atom is -0.396 e. The van der Waals surface area contributed by atoms with Gasteiger partial charge in [0, 0.05) is 6.61 Å². The Morgan fingerprint density at radius 1 is 1.15 bits per heavy atom. The molecule has 0 radical (unpaired) electrons. The van der Waals surface area contributed by atoms with Crippen molar-refractivity contribution in [2.24, 2.45) is 22.2 Å². The fourth-order valence-corrected chi connectivity index (χ4v) is 4.44. The van der Waals surface area contributed by atoms with Crippen LogP contribution in [0, 0.1) is 22.2 Å². The molecular weight excluding hydrogens is 160 g/mol. The molecule has 1 nitrogen and oxygen atoms in total. The second-order valence-electron chi connectivity index (χ2n) is 5.99. The van der Waals surface area contributed by atoms with E-state index in [1.165, 1.54) is 19.3 Å². The van der Waals surface area contributed by atoms with Gasteiger partial charge in [0.05, 0.1) is 0 Å². The third kappa shape index (κ3) is 0.743. The second-order valence-corrected chi connectivity index (χ2v) is 5.99. The fraction of sp³-hybridized carbons (Fsp3) is 1.00. The van der Waals surface area contributed by atoms with Crippen LogP contribution in [0.3, 0.4) is 0 Å². The lowest BCUT2D eigenvalue weighted by Crippen LogP contribution is -2.20. The minimum atomic E-state index is 0.396. The van der Waals surface area contributed by atoms with E-state index in [4.69, 9.17) is 0 Å². The Morgan fingerprint density at radius 3 is 2.00 bits per heavy atom. The second kappa shape index (κ2) is 2.31. The highest BCUT2D eigenvalue weighted by molar-refractivity contribution is 5.26. The Hall–Kier alpha value is -0.0400. The average molecular weight is 182 g/mol. The lowest BCUT2D eigenvalue weighted by Gasteiger charge is -2.22. The van der Waals surface area contributed by atoms with E-state index in [0.717, 1.165) is 0 Å². The summed E-state index contributed by atoms with van der Waals surface area (Å²) in [7, 11) is 0. The van der Waals surface area contributed by atoms with E-state index in [2.05, 4.69) is 27.7 Å². The van der Waals surface area contributed by atoms with Gasteiger partial charge in [0.25, 0.3) is 0 Å². The molecular formula is C12H22O. The number of aliphatic hydroxyl groups excluding tert-OH is 1. The van der Waals surface area contributed by atoms with E-state index in [1.807, 2.05) is 0 Å². The summed E-state index contributed by atoms with van der Waals surface area (Å²) in [4.78, 5) is 0. The van der Waals surface area contributed by atoms with Crippen molar-refractivity contribution in [3.63, 3.8) is 0 Å². The van der Waals surface area contributed by atoms with Crippen LogP contribution in [0.1, 0.15) is 47.0 Å². The highest BCUT2D eigenvalue weighted by atomic mass is 16.3. The lowest BCUT2D eigenvalue weighted by atomic mass is 9.84. The van der Waals surface area contributed by atoms with Gasteiger partial charge in [0.2, 0.25) is 0 Å². The maximum Gasteiger partial charge on any atom is 0.0464 e. The van der Waals surface area contributed by atoms with Crippen molar-refractivity contribution in [1.29, 1.82) is 0 Å². The molecule has 2 rings (SSSR count). The zero-order valence-corrected chi connectivity index (χ0v) is 9.35. The molecule has 1 atom stereocenters. The third-order valence-corrected chi connectivity index (χ3v) is 5.77. The van der Waals surface area contributed by atoms with Crippen LogP contribution in [-0.4, -0.2) is 11.7 Å². The van der Waals surface area contributed by atoms with E-state index in [0.29, 0.717) is 28.8 Å². The van der Waals surface area contributed by atoms with Gasteiger partial charge in [-0.3, -0.25) is 0 Å². The van der Waals surface area contributed by atoms with Crippen molar-refractivity contribution < 1.29 is 5.11 Å². The highest BCUT2D eigenvalue weighted by Crippen LogP contribution is 2.84. The van der Waals surface area contributed by atoms with E-state index in [1.54, 1.807) is 0 Å². The summed E-state index contributed by atoms with van der Waals surface area (Å²) in [5, 5.41) is 9.41. The topological polar surface area (TPSA) is 20.2 Å². The molecule has 0 bridgehead atoms. The average Bonchev–Trinajstić information content (AvgIpc) is 2.42. The lowest BCUT2D eigenvalue weighted by molar-refractivity contribution is 0.151. The number of hydrogen-bond donors (Lipinski definition) is 1. The van der Waals surface area contributed by atoms with Crippen LogP contribution in [-0.2, 0) is 0 Å². The molecule has 2 saturated carbocycles. The fourth-order valence-electron chi connectivity index (χ4n) is 4.44. The molecule has 1 heteroatoms. The van der Waals surface area contributed by atoms with E-state index >= 15 is 0 Å². The molecule has 1 spiro atoms. The molecule has 0 aliphatic heterocycles. The van der Waals surface area contributed by atoms with Crippen LogP contribution < -0.4 is 0 Å². The van der Waals surface area contributed by atoms with Crippen LogP contribution in [0.2, 0.25) is 0 Å². The van der Waals surface area contributed by atoms with Crippen LogP contribution in [0.15, 0.2) is 0 Å². The molecule has 1 N–H and O–H groups in total. The first kappa shape index (κ1) is 9.51. The monoisotopic (exact) mass is 182 g/mol. The Labute approximate surface area is 81.5 Å². The summed E-state index contributed by atoms with van der Waals surface area (Å²) >= 11 is 0. The van der Waals surface area contributed by atoms with Crippen LogP contribution in [0.25, 0.3) is 0 Å². The Morgan fingerprint density at radius 2 is 1.69 bits per heavy atom. The van der Waals surface area contributed by atoms with Crippen molar-refractivity contribution in [2.45, 2.75) is 47.0 Å². The maximum atomic E-state index is 9.41. The zero-order valence-electron chi connectivity index (χ0n) is 9.35. The number of hydrogen-bond acceptors (Lipinski definition) is 1. The maximum absolute atomic E-state index is 9.41. The van der Waals surface area contributed by atoms with Gasteiger partial charge >= 0.3 is 0 Å². The highest BCUT2D eigenvalue weighted by Gasteiger charge is 2.79. The molecule has 2 fully saturated rings. The minimum absolute atomic E-state index is 0.396. The van der Waals surface area contributed by atoms with Crippen molar-refractivity contribution in [3.8, 4) is 0 Å². The van der Waals surface area contributed by atoms with Gasteiger partial charge in [-0.1, -0.05) is 34.1 Å². The SMILES string of the molecule is CC1(C)C(C)(C)C12CCCC2CO. The molecule has 76 valence electrons. The van der Waals surface area contributed by atoms with Crippen molar-refractivity contribution in [1.82, 2.24) is 0 Å². The molecule has 1 unspecified atom stereocenters. The zero-order chi connectivity index (χ0) is 9.91. The van der Waals surface area contributed by atoms with Gasteiger partial charge < -0.3 is 5.11 Å². The molecule has 0 saturated heterocycles. The molecule has 2 aliphatic rings. The van der Waals surface area contributed by atoms with Crippen LogP contribution >= 0.6 is 0 Å². The van der Waals surface area contributed by atoms with Gasteiger partial charge in [0.1, 0.15) is 0 Å². The van der Waals surface area contributed by atoms with Gasteiger partial charge in [-0.15, -0.1) is 0 Å². The first-order valence-corrected chi connectivity index (χ1v) is 5.52. The predicted molar refractivity (Wildman–Crippen MR) is 54.4 cm³/mol. The van der Waals surface area contributed by atoms with Gasteiger partial charge in [0.15, 0.2) is 0 Å². The standard InChI is InChI=1S/C12H22O/c1-10(2)11(3,4)12(10)7-5-6-9(12)8-13/h9,13H,5-8H2,1-4H3. The quantitative estimate of drug-likeness (QED) is 0.661. The van der Waals surface area contributed by atoms with Crippen LogP contribution in [0.5, 0.6) is 0 Å². The summed E-state index contributed by atoms with van der Waals surface area (Å²) in [6.45, 7) is 9.90. The Bertz CT molecular complexity index is 213. The smallest absolute Gasteiger partial charge is 0.0464 e. The molecule has 0 heterocycles. The summed E-state index contributed by atoms with van der Waals surface area (Å²) in [6.07, 6.45) is 3.89. The van der Waals surface area contributed by atoms with Gasteiger partial charge in [-0.2, -0.15) is 0 Å². The third-order valence-electron chi connectivity index (χ3n) is 5.77. The Kier molecular flexibility index (Phi) is 1.69. The Balaban J connectivity index is 2.33. The summed E-state index contributed by atoms with van der Waals surface area (Å²) in [5.41, 5.74) is 1.32. The predicted octanol–water partition coefficient (Wildman–Crippen LogP) is 2.83. The summed E-state index contributed by atoms with van der Waals surface area (Å²) < 4.78 is 0. The molecule has 0 amide bonds. The largest absolute Gasteiger partial charge is 0.396 e. The van der Waals surface area contributed by atoms with Crippen molar-refractivity contribution >= 4 is 0 Å². The summed E-state index contributed by atoms with van der Waals surface area (Å²) in [5.74, 6) is 0.567. The van der Waals surface area contributed by atoms with E-state index in [9.17, 15) is 5.11 Å². The van der Waals surface area contributed by atoms with Crippen molar-refractivity contribution in [2.75, 3.05) is 6.61 Å². The molecule has 0 aromatic carbocycles. The first-order valence-electron chi connectivity index (χ1n) is 5.52. The molecule has 0 aromatic rings. The summed E-state index contributed by atoms with van der Waals surface area (Å²) in [6, 6.07) is 0.